The van der Waals surface area contributed by atoms with E-state index in [1.165, 1.54) is 51.6 Å². The Morgan fingerprint density at radius 1 is 0.582 bits per heavy atom. The highest BCUT2D eigenvalue weighted by molar-refractivity contribution is 5.95. The van der Waals surface area contributed by atoms with Crippen LogP contribution in [-0.2, 0) is 78.5 Å². The fraction of sp³-hybridized carbons (Fsp3) is 0.333. The van der Waals surface area contributed by atoms with Gasteiger partial charge in [-0.1, -0.05) is 36.4 Å². The lowest BCUT2D eigenvalue weighted by Crippen LogP contribution is -2.45. The second-order valence-electron chi connectivity index (χ2n) is 17.6. The smallest absolute Gasteiger partial charge is 0.328 e. The van der Waals surface area contributed by atoms with Crippen LogP contribution < -0.4 is 31.9 Å². The first-order valence-corrected chi connectivity index (χ1v) is 23.2. The summed E-state index contributed by atoms with van der Waals surface area (Å²) in [5.74, 6) is -0.0457. The number of amides is 4. The maximum atomic E-state index is 13.1. The van der Waals surface area contributed by atoms with Crippen molar-refractivity contribution < 1.29 is 29.0 Å². The van der Waals surface area contributed by atoms with E-state index in [0.29, 0.717) is 6.42 Å². The molecule has 0 saturated carbocycles. The fourth-order valence-corrected chi connectivity index (χ4v) is 10.1. The highest BCUT2D eigenvalue weighted by Gasteiger charge is 2.29. The van der Waals surface area contributed by atoms with Gasteiger partial charge in [0.05, 0.1) is 19.5 Å². The summed E-state index contributed by atoms with van der Waals surface area (Å²) >= 11 is 0. The summed E-state index contributed by atoms with van der Waals surface area (Å²) < 4.78 is 4.99. The van der Waals surface area contributed by atoms with Crippen LogP contribution >= 0.6 is 0 Å². The molecule has 6 aromatic rings. The normalized spacial score (nSPS) is 14.8. The first-order valence-electron chi connectivity index (χ1n) is 23.2. The number of urea groups is 2. The molecule has 9 N–H and O–H groups in total. The predicted molar refractivity (Wildman–Crippen MR) is 257 cm³/mol. The van der Waals surface area contributed by atoms with Gasteiger partial charge in [0.1, 0.15) is 23.7 Å². The Morgan fingerprint density at radius 2 is 1.00 bits per heavy atom. The third kappa shape index (κ3) is 10.6. The van der Waals surface area contributed by atoms with E-state index >= 15 is 0 Å². The Morgan fingerprint density at radius 3 is 1.39 bits per heavy atom. The van der Waals surface area contributed by atoms with E-state index in [0.717, 1.165) is 123 Å². The van der Waals surface area contributed by atoms with Crippen LogP contribution in [0.4, 0.5) is 44.0 Å². The number of hydrogen-bond acceptors (Lipinski definition) is 9. The number of hydrogen-bond donors (Lipinski definition) is 9. The number of aromatic amines is 2. The second kappa shape index (κ2) is 20.3. The van der Waals surface area contributed by atoms with Crippen LogP contribution in [0.25, 0.3) is 0 Å². The van der Waals surface area contributed by atoms with E-state index in [1.807, 2.05) is 54.6 Å². The molecule has 346 valence electrons. The van der Waals surface area contributed by atoms with Crippen LogP contribution in [0.3, 0.4) is 0 Å². The summed E-state index contributed by atoms with van der Waals surface area (Å²) in [6.07, 6.45) is 16.3. The number of ether oxygens (including phenoxy) is 1. The molecule has 2 heterocycles. The van der Waals surface area contributed by atoms with E-state index in [1.54, 1.807) is 18.5 Å². The van der Waals surface area contributed by atoms with E-state index < -0.39 is 30.1 Å². The van der Waals surface area contributed by atoms with Crippen LogP contribution in [0.1, 0.15) is 81.3 Å². The highest BCUT2D eigenvalue weighted by Crippen LogP contribution is 2.40. The van der Waals surface area contributed by atoms with Crippen molar-refractivity contribution in [2.24, 2.45) is 0 Å². The standard InChI is InChI=1S/C26H29N5O3.C25H27N5O3/c1-34-25(32)22(14-16-5-2-8-19(13-16)28-23-11-12-27-31-23)29-26(33)30-24-20-9-3-6-17(20)15-18-7-4-10-21(18)24;31-24(32)21(13-15-4-1-7-18(12-15)27-22-10-11-26-30-22)28-25(33)29-23-19-8-2-5-16(19)14-17-6-3-9-20(17)23/h2,5,8,11-13,15,22H,3-4,6-7,9-10,14H2,1H3,(H2,27,28,31)(H2,29,30,33);1,4,7,10-12,14,21H,2-3,5-6,8-9,13H2,(H,31,32)(H2,26,27,30)(H2,28,29,33)/t22-;21-/m11/s1. The number of carbonyl (C=O) groups is 4. The third-order valence-electron chi connectivity index (χ3n) is 13.1. The van der Waals surface area contributed by atoms with Gasteiger partial charge in [-0.25, -0.2) is 19.2 Å². The zero-order valence-corrected chi connectivity index (χ0v) is 37.5. The molecule has 0 spiro atoms. The van der Waals surface area contributed by atoms with Crippen molar-refractivity contribution in [2.75, 3.05) is 28.4 Å². The van der Waals surface area contributed by atoms with Gasteiger partial charge in [-0.2, -0.15) is 10.2 Å². The third-order valence-corrected chi connectivity index (χ3v) is 13.1. The van der Waals surface area contributed by atoms with Crippen molar-refractivity contribution in [3.8, 4) is 0 Å². The number of rotatable bonds is 14. The van der Waals surface area contributed by atoms with Gasteiger partial charge in [-0.05, 0) is 157 Å². The predicted octanol–water partition coefficient (Wildman–Crippen LogP) is 7.98. The quantitative estimate of drug-likeness (QED) is 0.0479. The van der Waals surface area contributed by atoms with E-state index in [4.69, 9.17) is 4.74 Å². The maximum absolute atomic E-state index is 13.1. The number of carboxylic acids is 1. The molecule has 0 saturated heterocycles. The van der Waals surface area contributed by atoms with Crippen molar-refractivity contribution in [1.82, 2.24) is 31.0 Å². The number of fused-ring (bicyclic) bond motifs is 4. The zero-order chi connectivity index (χ0) is 46.3. The molecule has 10 rings (SSSR count). The molecule has 4 aromatic carbocycles. The molecule has 0 bridgehead atoms. The summed E-state index contributed by atoms with van der Waals surface area (Å²) in [5, 5.41) is 41.3. The minimum atomic E-state index is -1.07. The first-order chi connectivity index (χ1) is 32.7. The van der Waals surface area contributed by atoms with Crippen molar-refractivity contribution in [1.29, 1.82) is 0 Å². The number of methoxy groups -OCH3 is 1. The molecule has 16 nitrogen and oxygen atoms in total. The number of nitrogens with one attached hydrogen (secondary N) is 8. The van der Waals surface area contributed by atoms with Gasteiger partial charge < -0.3 is 41.7 Å². The number of aryl methyl sites for hydroxylation is 4. The number of esters is 1. The molecule has 4 aliphatic carbocycles. The van der Waals surface area contributed by atoms with Crippen LogP contribution in [-0.4, -0.2) is 68.7 Å². The van der Waals surface area contributed by atoms with Gasteiger partial charge in [0.25, 0.3) is 0 Å². The monoisotopic (exact) mass is 904 g/mol. The fourth-order valence-electron chi connectivity index (χ4n) is 10.1. The minimum absolute atomic E-state index is 0.173. The Kier molecular flexibility index (Phi) is 13.5. The SMILES string of the molecule is COC(=O)[C@@H](Cc1cccc(Nc2ccn[nH]2)c1)NC(=O)Nc1c2c(cc3c1CCC3)CCC2.O=C(Nc1c2c(cc3c1CCC3)CCC2)N[C@H](Cc1cccc(Nc2ccn[nH]2)c1)C(=O)O. The average Bonchev–Trinajstić information content (AvgIpc) is 4.18. The summed E-state index contributed by atoms with van der Waals surface area (Å²) in [7, 11) is 1.34. The topological polar surface area (TPSA) is 227 Å². The number of anilines is 6. The molecule has 0 radical (unpaired) electrons. The largest absolute Gasteiger partial charge is 0.480 e. The van der Waals surface area contributed by atoms with Crippen molar-refractivity contribution in [3.05, 3.63) is 141 Å². The average molecular weight is 905 g/mol. The van der Waals surface area contributed by atoms with Gasteiger partial charge in [0.15, 0.2) is 0 Å². The van der Waals surface area contributed by atoms with Crippen LogP contribution in [0.15, 0.2) is 85.2 Å². The lowest BCUT2D eigenvalue weighted by molar-refractivity contribution is -0.142. The van der Waals surface area contributed by atoms with Crippen LogP contribution in [0.5, 0.6) is 0 Å². The van der Waals surface area contributed by atoms with E-state index in [9.17, 15) is 24.3 Å². The Hall–Kier alpha value is -7.62. The lowest BCUT2D eigenvalue weighted by Gasteiger charge is -2.20. The lowest BCUT2D eigenvalue weighted by atomic mass is 9.99. The molecular formula is C51H56N10O6. The molecule has 67 heavy (non-hydrogen) atoms. The summed E-state index contributed by atoms with van der Waals surface area (Å²) in [6, 6.07) is 20.7. The number of nitrogens with zero attached hydrogens (tertiary/aromatic N) is 2. The summed E-state index contributed by atoms with van der Waals surface area (Å²) in [4.78, 5) is 50.4. The molecule has 4 amide bonds. The Labute approximate surface area is 388 Å². The molecule has 16 heteroatoms. The first kappa shape index (κ1) is 44.6. The van der Waals surface area contributed by atoms with Gasteiger partial charge in [0, 0.05) is 47.7 Å². The van der Waals surface area contributed by atoms with Crippen molar-refractivity contribution in [2.45, 2.75) is 102 Å². The number of benzene rings is 4. The molecular weight excluding hydrogens is 849 g/mol. The van der Waals surface area contributed by atoms with Gasteiger partial charge in [-0.15, -0.1) is 0 Å². The minimum Gasteiger partial charge on any atom is -0.480 e. The van der Waals surface area contributed by atoms with Crippen LogP contribution in [0.2, 0.25) is 0 Å². The van der Waals surface area contributed by atoms with Gasteiger partial charge in [0.2, 0.25) is 0 Å². The summed E-state index contributed by atoms with van der Waals surface area (Å²) in [6.45, 7) is 0. The molecule has 0 fully saturated rings. The zero-order valence-electron chi connectivity index (χ0n) is 37.5. The van der Waals surface area contributed by atoms with Crippen molar-refractivity contribution in [3.63, 3.8) is 0 Å². The highest BCUT2D eigenvalue weighted by atomic mass is 16.5. The molecule has 0 aliphatic heterocycles. The van der Waals surface area contributed by atoms with E-state index in [-0.39, 0.29) is 12.5 Å². The number of H-pyrrole nitrogens is 2. The Bertz CT molecular complexity index is 2710. The molecule has 4 aliphatic rings. The number of carboxylic acid groups (broad SMARTS) is 1. The molecule has 0 unspecified atom stereocenters. The Balaban J connectivity index is 0.000000168. The molecule has 2 aromatic heterocycles. The number of carbonyl (C=O) groups excluding carboxylic acids is 3. The second-order valence-corrected chi connectivity index (χ2v) is 17.6. The van der Waals surface area contributed by atoms with Crippen molar-refractivity contribution >= 4 is 58.4 Å². The number of aromatic nitrogens is 4. The van der Waals surface area contributed by atoms with Crippen LogP contribution in [0, 0.1) is 0 Å². The number of aliphatic carboxylic acids is 1. The van der Waals surface area contributed by atoms with Gasteiger partial charge >= 0.3 is 24.0 Å². The van der Waals surface area contributed by atoms with E-state index in [2.05, 4.69) is 64.4 Å². The van der Waals surface area contributed by atoms with Gasteiger partial charge in [-0.3, -0.25) is 10.2 Å². The maximum Gasteiger partial charge on any atom is 0.328 e. The molecule has 2 atom stereocenters. The summed E-state index contributed by atoms with van der Waals surface area (Å²) in [5.41, 5.74) is 15.5.